The first kappa shape index (κ1) is 10.2. The van der Waals surface area contributed by atoms with Gasteiger partial charge in [0.15, 0.2) is 6.04 Å². The zero-order chi connectivity index (χ0) is 11.4. The number of nitrogens with zero attached hydrogens (tertiary/aromatic N) is 1. The second-order valence-corrected chi connectivity index (χ2v) is 3.23. The summed E-state index contributed by atoms with van der Waals surface area (Å²) < 4.78 is 17.8. The Morgan fingerprint density at radius 1 is 1.25 bits per heavy atom. The lowest BCUT2D eigenvalue weighted by Crippen LogP contribution is -2.07. The molecular formula is C12H9FN2O. The van der Waals surface area contributed by atoms with E-state index in [4.69, 9.17) is 9.68 Å². The van der Waals surface area contributed by atoms with E-state index in [1.54, 1.807) is 24.3 Å². The highest BCUT2D eigenvalue weighted by atomic mass is 19.1. The van der Waals surface area contributed by atoms with Gasteiger partial charge in [0, 0.05) is 5.69 Å². The lowest BCUT2D eigenvalue weighted by atomic mass is 10.2. The molecule has 0 amide bonds. The summed E-state index contributed by atoms with van der Waals surface area (Å²) >= 11 is 0. The molecule has 1 N–H and O–H groups in total. The van der Waals surface area contributed by atoms with E-state index in [2.05, 4.69) is 11.4 Å². The van der Waals surface area contributed by atoms with E-state index in [9.17, 15) is 4.39 Å². The van der Waals surface area contributed by atoms with Gasteiger partial charge in [0.05, 0.1) is 12.3 Å². The van der Waals surface area contributed by atoms with E-state index in [1.807, 2.05) is 0 Å². The summed E-state index contributed by atoms with van der Waals surface area (Å²) in [4.78, 5) is 0. The van der Waals surface area contributed by atoms with Crippen LogP contribution in [-0.4, -0.2) is 0 Å². The SMILES string of the molecule is N#C[C@@H](Nc1ccc(F)cc1)c1ccco1. The molecule has 0 aliphatic heterocycles. The predicted molar refractivity (Wildman–Crippen MR) is 57.1 cm³/mol. The molecule has 1 aromatic heterocycles. The lowest BCUT2D eigenvalue weighted by molar-refractivity contribution is 0.505. The number of benzene rings is 1. The molecule has 0 aliphatic rings. The predicted octanol–water partition coefficient (Wildman–Crippen LogP) is 3.10. The molecule has 1 atom stereocenters. The number of furan rings is 1. The van der Waals surface area contributed by atoms with Crippen LogP contribution in [0.3, 0.4) is 0 Å². The summed E-state index contributed by atoms with van der Waals surface area (Å²) in [5.74, 6) is 0.226. The molecule has 1 aromatic carbocycles. The zero-order valence-corrected chi connectivity index (χ0v) is 8.35. The Morgan fingerprint density at radius 2 is 2.00 bits per heavy atom. The average molecular weight is 216 g/mol. The molecule has 0 spiro atoms. The van der Waals surface area contributed by atoms with Gasteiger partial charge in [-0.05, 0) is 36.4 Å². The molecule has 0 saturated heterocycles. The average Bonchev–Trinajstić information content (AvgIpc) is 2.82. The zero-order valence-electron chi connectivity index (χ0n) is 8.35. The fourth-order valence-electron chi connectivity index (χ4n) is 1.34. The van der Waals surface area contributed by atoms with E-state index in [1.165, 1.54) is 18.4 Å². The van der Waals surface area contributed by atoms with Crippen LogP contribution in [-0.2, 0) is 0 Å². The monoisotopic (exact) mass is 216 g/mol. The van der Waals surface area contributed by atoms with Gasteiger partial charge in [0.25, 0.3) is 0 Å². The lowest BCUT2D eigenvalue weighted by Gasteiger charge is -2.10. The van der Waals surface area contributed by atoms with Crippen molar-refractivity contribution in [3.8, 4) is 6.07 Å². The van der Waals surface area contributed by atoms with Crippen LogP contribution in [0.1, 0.15) is 11.8 Å². The maximum absolute atomic E-state index is 12.7. The molecule has 16 heavy (non-hydrogen) atoms. The smallest absolute Gasteiger partial charge is 0.173 e. The van der Waals surface area contributed by atoms with Crippen molar-refractivity contribution in [3.63, 3.8) is 0 Å². The van der Waals surface area contributed by atoms with E-state index >= 15 is 0 Å². The molecule has 0 saturated carbocycles. The molecule has 0 aliphatic carbocycles. The minimum absolute atomic E-state index is 0.308. The summed E-state index contributed by atoms with van der Waals surface area (Å²) in [6, 6.07) is 10.7. The van der Waals surface area contributed by atoms with Crippen molar-refractivity contribution in [2.75, 3.05) is 5.32 Å². The second-order valence-electron chi connectivity index (χ2n) is 3.23. The Morgan fingerprint density at radius 3 is 2.56 bits per heavy atom. The maximum atomic E-state index is 12.7. The van der Waals surface area contributed by atoms with Crippen LogP contribution in [0.25, 0.3) is 0 Å². The van der Waals surface area contributed by atoms with Crippen molar-refractivity contribution >= 4 is 5.69 Å². The first-order chi connectivity index (χ1) is 7.79. The Labute approximate surface area is 92.1 Å². The van der Waals surface area contributed by atoms with Gasteiger partial charge in [-0.1, -0.05) is 0 Å². The highest BCUT2D eigenvalue weighted by Gasteiger charge is 2.12. The summed E-state index contributed by atoms with van der Waals surface area (Å²) in [5, 5.41) is 11.9. The Balaban J connectivity index is 2.14. The minimum Gasteiger partial charge on any atom is -0.466 e. The third-order valence-electron chi connectivity index (χ3n) is 2.11. The molecule has 0 fully saturated rings. The standard InChI is InChI=1S/C12H9FN2O/c13-9-3-5-10(6-4-9)15-11(8-14)12-2-1-7-16-12/h1-7,11,15H/t11-/m1/s1. The topological polar surface area (TPSA) is 49.0 Å². The fraction of sp³-hybridized carbons (Fsp3) is 0.0833. The summed E-state index contributed by atoms with van der Waals surface area (Å²) in [6.07, 6.45) is 1.51. The number of hydrogen-bond donors (Lipinski definition) is 1. The van der Waals surface area contributed by atoms with E-state index in [-0.39, 0.29) is 5.82 Å². The molecule has 0 radical (unpaired) electrons. The third kappa shape index (κ3) is 2.20. The highest BCUT2D eigenvalue weighted by Crippen LogP contribution is 2.19. The molecular weight excluding hydrogens is 207 g/mol. The highest BCUT2D eigenvalue weighted by molar-refractivity contribution is 5.46. The van der Waals surface area contributed by atoms with Crippen LogP contribution in [0.2, 0.25) is 0 Å². The second kappa shape index (κ2) is 4.49. The number of anilines is 1. The molecule has 3 nitrogen and oxygen atoms in total. The minimum atomic E-state index is -0.569. The van der Waals surface area contributed by atoms with Crippen LogP contribution < -0.4 is 5.32 Å². The molecule has 1 heterocycles. The van der Waals surface area contributed by atoms with Crippen LogP contribution in [0.4, 0.5) is 10.1 Å². The maximum Gasteiger partial charge on any atom is 0.173 e. The van der Waals surface area contributed by atoms with Crippen LogP contribution in [0.5, 0.6) is 0 Å². The first-order valence-corrected chi connectivity index (χ1v) is 4.75. The number of halogens is 1. The molecule has 2 rings (SSSR count). The molecule has 2 aromatic rings. The van der Waals surface area contributed by atoms with E-state index in [0.29, 0.717) is 11.4 Å². The molecule has 0 bridgehead atoms. The first-order valence-electron chi connectivity index (χ1n) is 4.75. The van der Waals surface area contributed by atoms with Crippen LogP contribution >= 0.6 is 0 Å². The number of nitrogens with one attached hydrogen (secondary N) is 1. The normalized spacial score (nSPS) is 11.8. The van der Waals surface area contributed by atoms with Crippen molar-refractivity contribution in [1.29, 1.82) is 5.26 Å². The fourth-order valence-corrected chi connectivity index (χ4v) is 1.34. The van der Waals surface area contributed by atoms with Crippen molar-refractivity contribution in [2.45, 2.75) is 6.04 Å². The largest absolute Gasteiger partial charge is 0.466 e. The van der Waals surface area contributed by atoms with Crippen LogP contribution in [0.15, 0.2) is 47.1 Å². The van der Waals surface area contributed by atoms with Gasteiger partial charge in [-0.25, -0.2) is 4.39 Å². The van der Waals surface area contributed by atoms with Crippen molar-refractivity contribution in [2.24, 2.45) is 0 Å². The van der Waals surface area contributed by atoms with Crippen molar-refractivity contribution in [3.05, 3.63) is 54.2 Å². The van der Waals surface area contributed by atoms with E-state index in [0.717, 1.165) is 0 Å². The van der Waals surface area contributed by atoms with Gasteiger partial charge in [0.2, 0.25) is 0 Å². The number of hydrogen-bond acceptors (Lipinski definition) is 3. The van der Waals surface area contributed by atoms with Gasteiger partial charge in [-0.15, -0.1) is 0 Å². The third-order valence-corrected chi connectivity index (χ3v) is 2.11. The van der Waals surface area contributed by atoms with Gasteiger partial charge in [0.1, 0.15) is 11.6 Å². The molecule has 0 unspecified atom stereocenters. The van der Waals surface area contributed by atoms with Gasteiger partial charge >= 0.3 is 0 Å². The van der Waals surface area contributed by atoms with Crippen LogP contribution in [0, 0.1) is 17.1 Å². The van der Waals surface area contributed by atoms with Gasteiger partial charge < -0.3 is 9.73 Å². The summed E-state index contributed by atoms with van der Waals surface area (Å²) in [5.41, 5.74) is 0.671. The van der Waals surface area contributed by atoms with E-state index < -0.39 is 6.04 Å². The Kier molecular flexibility index (Phi) is 2.88. The van der Waals surface area contributed by atoms with Crippen molar-refractivity contribution in [1.82, 2.24) is 0 Å². The van der Waals surface area contributed by atoms with Gasteiger partial charge in [-0.2, -0.15) is 5.26 Å². The summed E-state index contributed by atoms with van der Waals surface area (Å²) in [7, 11) is 0. The Bertz CT molecular complexity index is 485. The Hall–Kier alpha value is -2.28. The van der Waals surface area contributed by atoms with Crippen molar-refractivity contribution < 1.29 is 8.81 Å². The number of rotatable bonds is 3. The molecule has 80 valence electrons. The van der Waals surface area contributed by atoms with Gasteiger partial charge in [-0.3, -0.25) is 0 Å². The molecule has 4 heteroatoms. The summed E-state index contributed by atoms with van der Waals surface area (Å²) in [6.45, 7) is 0. The quantitative estimate of drug-likeness (QED) is 0.857. The number of nitriles is 1.